The first-order chi connectivity index (χ1) is 12.7. The van der Waals surface area contributed by atoms with Gasteiger partial charge < -0.3 is 14.7 Å². The van der Waals surface area contributed by atoms with E-state index in [1.807, 2.05) is 12.3 Å². The summed E-state index contributed by atoms with van der Waals surface area (Å²) >= 11 is 0. The van der Waals surface area contributed by atoms with Crippen molar-refractivity contribution in [3.05, 3.63) is 36.0 Å². The summed E-state index contributed by atoms with van der Waals surface area (Å²) in [5, 5.41) is 9.96. The lowest BCUT2D eigenvalue weighted by Gasteiger charge is -2.32. The third kappa shape index (κ3) is 4.94. The van der Waals surface area contributed by atoms with E-state index in [0.29, 0.717) is 6.54 Å². The number of carboxylic acids is 1. The Balaban J connectivity index is 1.67. The van der Waals surface area contributed by atoms with Gasteiger partial charge in [0.1, 0.15) is 17.4 Å². The number of aliphatic carboxylic acids is 1. The first-order valence-corrected chi connectivity index (χ1v) is 9.64. The minimum Gasteiger partial charge on any atom is -0.488 e. The molecule has 1 N–H and O–H groups in total. The van der Waals surface area contributed by atoms with Crippen molar-refractivity contribution >= 4 is 16.9 Å². The number of pyridine rings is 1. The Kier molecular flexibility index (Phi) is 6.45. The van der Waals surface area contributed by atoms with Crippen LogP contribution < -0.4 is 4.74 Å². The topological polar surface area (TPSA) is 62.7 Å². The van der Waals surface area contributed by atoms with Gasteiger partial charge in [0.25, 0.3) is 0 Å². The van der Waals surface area contributed by atoms with Crippen LogP contribution in [-0.4, -0.2) is 46.7 Å². The normalized spacial score (nSPS) is 16.0. The van der Waals surface area contributed by atoms with Crippen molar-refractivity contribution in [3.8, 4) is 5.75 Å². The van der Waals surface area contributed by atoms with Gasteiger partial charge in [0.2, 0.25) is 0 Å². The number of carbonyl (C=O) groups is 1. The monoisotopic (exact) mass is 356 g/mol. The number of rotatable bonds is 8. The number of likely N-dealkylation sites (tertiary alicyclic amines) is 1. The van der Waals surface area contributed by atoms with Crippen molar-refractivity contribution < 1.29 is 14.6 Å². The molecule has 0 atom stereocenters. The Morgan fingerprint density at radius 3 is 2.88 bits per heavy atom. The number of piperidine rings is 1. The third-order valence-electron chi connectivity index (χ3n) is 5.02. The van der Waals surface area contributed by atoms with Crippen molar-refractivity contribution in [1.29, 1.82) is 0 Å². The molecule has 5 heteroatoms. The standard InChI is InChI=1S/C21H28N2O3/c1-2-3-5-16-14-17-6-4-10-22-21(17)19(15-16)26-18-7-11-23(12-8-18)13-9-20(24)25/h4,6,10,14-15,18H,2-3,5,7-9,11-13H2,1H3,(H,24,25). The molecule has 0 spiro atoms. The number of hydrogen-bond acceptors (Lipinski definition) is 4. The number of unbranched alkanes of at least 4 members (excludes halogenated alkanes) is 1. The largest absolute Gasteiger partial charge is 0.488 e. The maximum Gasteiger partial charge on any atom is 0.304 e. The average Bonchev–Trinajstić information content (AvgIpc) is 2.66. The summed E-state index contributed by atoms with van der Waals surface area (Å²) in [6.07, 6.45) is 7.45. The third-order valence-corrected chi connectivity index (χ3v) is 5.02. The molecule has 0 aliphatic carbocycles. The van der Waals surface area contributed by atoms with Gasteiger partial charge in [0.05, 0.1) is 6.42 Å². The number of hydrogen-bond donors (Lipinski definition) is 1. The summed E-state index contributed by atoms with van der Waals surface area (Å²) in [7, 11) is 0. The van der Waals surface area contributed by atoms with Gasteiger partial charge in [-0.3, -0.25) is 9.78 Å². The van der Waals surface area contributed by atoms with Gasteiger partial charge in [0, 0.05) is 31.2 Å². The van der Waals surface area contributed by atoms with E-state index in [9.17, 15) is 4.79 Å². The Labute approximate surface area is 155 Å². The van der Waals surface area contributed by atoms with Gasteiger partial charge >= 0.3 is 5.97 Å². The molecule has 0 radical (unpaired) electrons. The van der Waals surface area contributed by atoms with Gasteiger partial charge in [-0.2, -0.15) is 0 Å². The van der Waals surface area contributed by atoms with Crippen LogP contribution in [0.5, 0.6) is 5.75 Å². The van der Waals surface area contributed by atoms with Gasteiger partial charge in [-0.05, 0) is 49.4 Å². The maximum atomic E-state index is 10.7. The molecule has 0 amide bonds. The summed E-state index contributed by atoms with van der Waals surface area (Å²) in [6.45, 7) is 4.61. The first kappa shape index (κ1) is 18.6. The lowest BCUT2D eigenvalue weighted by atomic mass is 10.0. The highest BCUT2D eigenvalue weighted by Crippen LogP contribution is 2.29. The summed E-state index contributed by atoms with van der Waals surface area (Å²) < 4.78 is 6.36. The van der Waals surface area contributed by atoms with Gasteiger partial charge in [0.15, 0.2) is 0 Å². The highest BCUT2D eigenvalue weighted by Gasteiger charge is 2.22. The summed E-state index contributed by atoms with van der Waals surface area (Å²) in [6, 6.07) is 8.44. The van der Waals surface area contributed by atoms with E-state index in [1.54, 1.807) is 0 Å². The number of nitrogens with zero attached hydrogens (tertiary/aromatic N) is 2. The lowest BCUT2D eigenvalue weighted by Crippen LogP contribution is -2.39. The predicted octanol–water partition coefficient (Wildman–Crippen LogP) is 3.90. The Morgan fingerprint density at radius 2 is 2.15 bits per heavy atom. The summed E-state index contributed by atoms with van der Waals surface area (Å²) in [5.74, 6) is 0.156. The second-order valence-electron chi connectivity index (χ2n) is 7.08. The van der Waals surface area contributed by atoms with E-state index in [4.69, 9.17) is 9.84 Å². The Bertz CT molecular complexity index is 739. The Morgan fingerprint density at radius 1 is 1.35 bits per heavy atom. The van der Waals surface area contributed by atoms with E-state index < -0.39 is 5.97 Å². The van der Waals surface area contributed by atoms with E-state index in [0.717, 1.165) is 49.0 Å². The smallest absolute Gasteiger partial charge is 0.304 e. The molecular formula is C21H28N2O3. The van der Waals surface area contributed by atoms with Crippen LogP contribution in [0.3, 0.4) is 0 Å². The fourth-order valence-corrected chi connectivity index (χ4v) is 3.52. The van der Waals surface area contributed by atoms with Crippen LogP contribution in [0.2, 0.25) is 0 Å². The number of benzene rings is 1. The quantitative estimate of drug-likeness (QED) is 0.777. The number of aromatic nitrogens is 1. The average molecular weight is 356 g/mol. The molecule has 0 unspecified atom stereocenters. The van der Waals surface area contributed by atoms with E-state index in [-0.39, 0.29) is 12.5 Å². The predicted molar refractivity (Wildman–Crippen MR) is 103 cm³/mol. The number of carboxylic acid groups (broad SMARTS) is 1. The fourth-order valence-electron chi connectivity index (χ4n) is 3.52. The van der Waals surface area contributed by atoms with Crippen molar-refractivity contribution in [2.45, 2.75) is 51.6 Å². The minimum absolute atomic E-state index is 0.169. The molecule has 2 aromatic rings. The van der Waals surface area contributed by atoms with Crippen molar-refractivity contribution in [3.63, 3.8) is 0 Å². The molecule has 26 heavy (non-hydrogen) atoms. The number of fused-ring (bicyclic) bond motifs is 1. The molecule has 5 nitrogen and oxygen atoms in total. The second-order valence-corrected chi connectivity index (χ2v) is 7.08. The summed E-state index contributed by atoms with van der Waals surface area (Å²) in [4.78, 5) is 17.5. The zero-order chi connectivity index (χ0) is 18.4. The minimum atomic E-state index is -0.732. The second kappa shape index (κ2) is 8.99. The zero-order valence-electron chi connectivity index (χ0n) is 15.5. The summed E-state index contributed by atoms with van der Waals surface area (Å²) in [5.41, 5.74) is 2.24. The van der Waals surface area contributed by atoms with Crippen molar-refractivity contribution in [2.75, 3.05) is 19.6 Å². The SMILES string of the molecule is CCCCc1cc(OC2CCN(CCC(=O)O)CC2)c2ncccc2c1. The molecule has 0 saturated carbocycles. The molecule has 0 bridgehead atoms. The van der Waals surface area contributed by atoms with Crippen LogP contribution in [0.1, 0.15) is 44.6 Å². The molecule has 1 aromatic carbocycles. The van der Waals surface area contributed by atoms with E-state index in [2.05, 4.69) is 35.0 Å². The molecule has 1 aliphatic heterocycles. The molecule has 2 heterocycles. The van der Waals surface area contributed by atoms with Crippen LogP contribution in [0.25, 0.3) is 10.9 Å². The van der Waals surface area contributed by atoms with E-state index >= 15 is 0 Å². The molecule has 1 saturated heterocycles. The zero-order valence-corrected chi connectivity index (χ0v) is 15.5. The van der Waals surface area contributed by atoms with Crippen LogP contribution in [-0.2, 0) is 11.2 Å². The number of aryl methyl sites for hydroxylation is 1. The molecule has 140 valence electrons. The van der Waals surface area contributed by atoms with E-state index in [1.165, 1.54) is 18.4 Å². The molecular weight excluding hydrogens is 328 g/mol. The lowest BCUT2D eigenvalue weighted by molar-refractivity contribution is -0.137. The van der Waals surface area contributed by atoms with Crippen LogP contribution >= 0.6 is 0 Å². The first-order valence-electron chi connectivity index (χ1n) is 9.64. The highest BCUT2D eigenvalue weighted by molar-refractivity contribution is 5.85. The van der Waals surface area contributed by atoms with Crippen LogP contribution in [0.15, 0.2) is 30.5 Å². The molecule has 3 rings (SSSR count). The fraction of sp³-hybridized carbons (Fsp3) is 0.524. The van der Waals surface area contributed by atoms with Gasteiger partial charge in [-0.25, -0.2) is 0 Å². The van der Waals surface area contributed by atoms with Gasteiger partial charge in [-0.1, -0.05) is 19.4 Å². The molecule has 1 aliphatic rings. The van der Waals surface area contributed by atoms with Crippen LogP contribution in [0, 0.1) is 0 Å². The van der Waals surface area contributed by atoms with Crippen molar-refractivity contribution in [1.82, 2.24) is 9.88 Å². The Hall–Kier alpha value is -2.14. The van der Waals surface area contributed by atoms with Crippen molar-refractivity contribution in [2.24, 2.45) is 0 Å². The van der Waals surface area contributed by atoms with Crippen LogP contribution in [0.4, 0.5) is 0 Å². The highest BCUT2D eigenvalue weighted by atomic mass is 16.5. The molecule has 1 aromatic heterocycles. The molecule has 1 fully saturated rings. The van der Waals surface area contributed by atoms with Gasteiger partial charge in [-0.15, -0.1) is 0 Å². The number of ether oxygens (including phenoxy) is 1. The maximum absolute atomic E-state index is 10.7.